The van der Waals surface area contributed by atoms with Gasteiger partial charge >= 0.3 is 0 Å². The fourth-order valence-electron chi connectivity index (χ4n) is 4.89. The molecule has 2 aliphatic rings. The molecule has 1 amide bonds. The number of aryl methyl sites for hydroxylation is 1. The topological polar surface area (TPSA) is 38.1 Å². The molecule has 4 heteroatoms. The van der Waals surface area contributed by atoms with E-state index in [0.717, 1.165) is 45.3 Å². The monoisotopic (exact) mass is 379 g/mol. The molecule has 0 unspecified atom stereocenters. The summed E-state index contributed by atoms with van der Waals surface area (Å²) < 4.78 is 2.35. The molecule has 0 radical (unpaired) electrons. The predicted octanol–water partition coefficient (Wildman–Crippen LogP) is 4.60. The summed E-state index contributed by atoms with van der Waals surface area (Å²) in [6.45, 7) is 4.88. The summed E-state index contributed by atoms with van der Waals surface area (Å²) in [6.07, 6.45) is 11.2. The van der Waals surface area contributed by atoms with Gasteiger partial charge in [-0.25, -0.2) is 4.98 Å². The van der Waals surface area contributed by atoms with Crippen LogP contribution in [0.4, 0.5) is 0 Å². The van der Waals surface area contributed by atoms with E-state index in [9.17, 15) is 4.79 Å². The van der Waals surface area contributed by atoms with E-state index in [0.29, 0.717) is 17.7 Å². The molecule has 1 aromatic carbocycles. The number of imidazole rings is 1. The van der Waals surface area contributed by atoms with E-state index >= 15 is 0 Å². The molecule has 28 heavy (non-hydrogen) atoms. The van der Waals surface area contributed by atoms with Gasteiger partial charge in [-0.2, -0.15) is 0 Å². The second-order valence-electron chi connectivity index (χ2n) is 8.77. The van der Waals surface area contributed by atoms with Crippen molar-refractivity contribution in [2.24, 2.45) is 11.8 Å². The lowest BCUT2D eigenvalue weighted by atomic mass is 9.92. The molecule has 2 fully saturated rings. The van der Waals surface area contributed by atoms with E-state index in [1.54, 1.807) is 0 Å². The molecule has 2 aromatic rings. The number of aromatic nitrogens is 2. The number of benzene rings is 1. The van der Waals surface area contributed by atoms with E-state index in [1.807, 2.05) is 6.20 Å². The number of likely N-dealkylation sites (tertiary alicyclic amines) is 1. The highest BCUT2D eigenvalue weighted by molar-refractivity contribution is 5.76. The summed E-state index contributed by atoms with van der Waals surface area (Å²) >= 11 is 0. The fourth-order valence-corrected chi connectivity index (χ4v) is 4.89. The van der Waals surface area contributed by atoms with Gasteiger partial charge in [0.25, 0.3) is 0 Å². The molecule has 0 atom stereocenters. The highest BCUT2D eigenvalue weighted by Gasteiger charge is 2.27. The molecule has 4 nitrogen and oxygen atoms in total. The first-order valence-corrected chi connectivity index (χ1v) is 11.0. The highest BCUT2D eigenvalue weighted by atomic mass is 16.2. The van der Waals surface area contributed by atoms with Crippen molar-refractivity contribution >= 4 is 5.91 Å². The summed E-state index contributed by atoms with van der Waals surface area (Å²) in [7, 11) is 0. The van der Waals surface area contributed by atoms with Gasteiger partial charge in [-0.05, 0) is 50.0 Å². The normalized spacial score (nSPS) is 18.7. The maximum atomic E-state index is 12.6. The molecule has 0 bridgehead atoms. The number of rotatable bonds is 6. The fraction of sp³-hybridized carbons (Fsp3) is 0.583. The number of piperidine rings is 1. The minimum atomic E-state index is 0.395. The molecule has 1 aliphatic carbocycles. The number of amides is 1. The van der Waals surface area contributed by atoms with Crippen LogP contribution in [-0.4, -0.2) is 33.4 Å². The van der Waals surface area contributed by atoms with Gasteiger partial charge in [0.2, 0.25) is 5.91 Å². The van der Waals surface area contributed by atoms with Crippen molar-refractivity contribution in [3.05, 3.63) is 53.6 Å². The van der Waals surface area contributed by atoms with Crippen LogP contribution in [0.1, 0.15) is 62.0 Å². The maximum Gasteiger partial charge on any atom is 0.222 e. The standard InChI is InChI=1S/C24H33N3O/c1-19-17-25-23(27(19)18-22-9-3-2-4-10-22)15-21-11-13-26(14-12-21)24(28)16-20-7-5-6-8-20/h2-4,9-10,17,20-21H,5-8,11-16,18H2,1H3. The van der Waals surface area contributed by atoms with E-state index in [4.69, 9.17) is 4.98 Å². The van der Waals surface area contributed by atoms with Gasteiger partial charge in [-0.15, -0.1) is 0 Å². The van der Waals surface area contributed by atoms with Gasteiger partial charge in [0.1, 0.15) is 5.82 Å². The van der Waals surface area contributed by atoms with Gasteiger partial charge in [-0.1, -0.05) is 43.2 Å². The van der Waals surface area contributed by atoms with Crippen LogP contribution in [-0.2, 0) is 17.8 Å². The van der Waals surface area contributed by atoms with Crippen molar-refractivity contribution in [2.45, 2.75) is 64.8 Å². The smallest absolute Gasteiger partial charge is 0.222 e. The largest absolute Gasteiger partial charge is 0.343 e. The molecular formula is C24H33N3O. The zero-order valence-electron chi connectivity index (χ0n) is 17.1. The lowest BCUT2D eigenvalue weighted by molar-refractivity contribution is -0.133. The van der Waals surface area contributed by atoms with Crippen molar-refractivity contribution in [2.75, 3.05) is 13.1 Å². The van der Waals surface area contributed by atoms with E-state index < -0.39 is 0 Å². The zero-order valence-corrected chi connectivity index (χ0v) is 17.1. The Morgan fingerprint density at radius 2 is 1.75 bits per heavy atom. The third-order valence-corrected chi connectivity index (χ3v) is 6.70. The number of nitrogens with zero attached hydrogens (tertiary/aromatic N) is 3. The Morgan fingerprint density at radius 1 is 1.04 bits per heavy atom. The van der Waals surface area contributed by atoms with E-state index in [-0.39, 0.29) is 0 Å². The first-order valence-electron chi connectivity index (χ1n) is 11.0. The summed E-state index contributed by atoms with van der Waals surface area (Å²) in [5.74, 6) is 2.87. The van der Waals surface area contributed by atoms with Crippen molar-refractivity contribution in [3.63, 3.8) is 0 Å². The number of carbonyl (C=O) groups excluding carboxylic acids is 1. The van der Waals surface area contributed by atoms with Crippen LogP contribution >= 0.6 is 0 Å². The molecular weight excluding hydrogens is 346 g/mol. The molecule has 0 N–H and O–H groups in total. The van der Waals surface area contributed by atoms with Crippen LogP contribution in [0.5, 0.6) is 0 Å². The van der Waals surface area contributed by atoms with Crippen molar-refractivity contribution < 1.29 is 4.79 Å². The molecule has 1 aliphatic heterocycles. The lowest BCUT2D eigenvalue weighted by Gasteiger charge is -2.32. The third-order valence-electron chi connectivity index (χ3n) is 6.70. The Labute approximate surface area is 169 Å². The first-order chi connectivity index (χ1) is 13.7. The molecule has 4 rings (SSSR count). The number of hydrogen-bond donors (Lipinski definition) is 0. The molecule has 2 heterocycles. The van der Waals surface area contributed by atoms with Crippen LogP contribution < -0.4 is 0 Å². The minimum Gasteiger partial charge on any atom is -0.343 e. The summed E-state index contributed by atoms with van der Waals surface area (Å²) in [5, 5.41) is 0. The van der Waals surface area contributed by atoms with Crippen LogP contribution in [0.2, 0.25) is 0 Å². The Kier molecular flexibility index (Phi) is 6.13. The van der Waals surface area contributed by atoms with Crippen molar-refractivity contribution in [1.82, 2.24) is 14.5 Å². The van der Waals surface area contributed by atoms with Crippen LogP contribution in [0.25, 0.3) is 0 Å². The quantitative estimate of drug-likeness (QED) is 0.735. The van der Waals surface area contributed by atoms with Crippen LogP contribution in [0.3, 0.4) is 0 Å². The van der Waals surface area contributed by atoms with Crippen molar-refractivity contribution in [1.29, 1.82) is 0 Å². The zero-order chi connectivity index (χ0) is 19.3. The average molecular weight is 380 g/mol. The highest BCUT2D eigenvalue weighted by Crippen LogP contribution is 2.29. The molecule has 150 valence electrons. The van der Waals surface area contributed by atoms with Crippen molar-refractivity contribution in [3.8, 4) is 0 Å². The van der Waals surface area contributed by atoms with Gasteiger partial charge < -0.3 is 9.47 Å². The van der Waals surface area contributed by atoms with Crippen LogP contribution in [0, 0.1) is 18.8 Å². The maximum absolute atomic E-state index is 12.6. The Morgan fingerprint density at radius 3 is 2.46 bits per heavy atom. The summed E-state index contributed by atoms with van der Waals surface area (Å²) in [4.78, 5) is 19.4. The van der Waals surface area contributed by atoms with Gasteiger partial charge in [0, 0.05) is 44.4 Å². The Hall–Kier alpha value is -2.10. The first kappa shape index (κ1) is 19.2. The molecule has 1 aromatic heterocycles. The second kappa shape index (κ2) is 8.93. The van der Waals surface area contributed by atoms with Crippen LogP contribution in [0.15, 0.2) is 36.5 Å². The predicted molar refractivity (Wildman–Crippen MR) is 112 cm³/mol. The molecule has 1 saturated heterocycles. The summed E-state index contributed by atoms with van der Waals surface area (Å²) in [6, 6.07) is 10.6. The van der Waals surface area contributed by atoms with Gasteiger partial charge in [-0.3, -0.25) is 4.79 Å². The van der Waals surface area contributed by atoms with Gasteiger partial charge in [0.15, 0.2) is 0 Å². The summed E-state index contributed by atoms with van der Waals surface area (Å²) in [5.41, 5.74) is 2.54. The Bertz CT molecular complexity index is 768. The van der Waals surface area contributed by atoms with E-state index in [2.05, 4.69) is 46.7 Å². The minimum absolute atomic E-state index is 0.395. The van der Waals surface area contributed by atoms with Gasteiger partial charge in [0.05, 0.1) is 0 Å². The third kappa shape index (κ3) is 4.65. The Balaban J connectivity index is 1.31. The SMILES string of the molecule is Cc1cnc(CC2CCN(C(=O)CC3CCCC3)CC2)n1Cc1ccccc1. The lowest BCUT2D eigenvalue weighted by Crippen LogP contribution is -2.39. The molecule has 1 saturated carbocycles. The average Bonchev–Trinajstić information content (AvgIpc) is 3.34. The van der Waals surface area contributed by atoms with E-state index in [1.165, 1.54) is 42.8 Å². The number of carbonyl (C=O) groups is 1. The number of hydrogen-bond acceptors (Lipinski definition) is 2. The second-order valence-corrected chi connectivity index (χ2v) is 8.77. The molecule has 0 spiro atoms.